The molecule has 2 aromatic carbocycles. The van der Waals surface area contributed by atoms with Gasteiger partial charge in [0.05, 0.1) is 5.69 Å². The maximum atomic E-state index is 12.0. The molecule has 0 aliphatic heterocycles. The van der Waals surface area contributed by atoms with Gasteiger partial charge in [0.15, 0.2) is 11.9 Å². The fraction of sp³-hybridized carbons (Fsp3) is 0.200. The van der Waals surface area contributed by atoms with Crippen LogP contribution in [-0.4, -0.2) is 23.6 Å². The van der Waals surface area contributed by atoms with Crippen LogP contribution in [0, 0.1) is 13.8 Å². The van der Waals surface area contributed by atoms with Gasteiger partial charge in [0.1, 0.15) is 5.76 Å². The summed E-state index contributed by atoms with van der Waals surface area (Å²) in [6.45, 7) is 3.68. The summed E-state index contributed by atoms with van der Waals surface area (Å²) in [6, 6.07) is 12.1. The molecule has 1 aromatic heterocycles. The molecule has 0 bridgehead atoms. The number of hydrogen-bond acceptors (Lipinski definition) is 5. The molecule has 0 fully saturated rings. The molecule has 0 spiro atoms. The number of benzene rings is 2. The average Bonchev–Trinajstić information content (AvgIpc) is 2.99. The van der Waals surface area contributed by atoms with E-state index >= 15 is 0 Å². The van der Waals surface area contributed by atoms with Crippen molar-refractivity contribution in [1.29, 1.82) is 0 Å². The number of rotatable bonds is 5. The van der Waals surface area contributed by atoms with Gasteiger partial charge in [-0.3, -0.25) is 4.79 Å². The van der Waals surface area contributed by atoms with Crippen molar-refractivity contribution in [3.63, 3.8) is 0 Å². The molecule has 6 heteroatoms. The average molecular weight is 371 g/mol. The van der Waals surface area contributed by atoms with Crippen molar-refractivity contribution in [1.82, 2.24) is 5.16 Å². The maximum absolute atomic E-state index is 12.0. The van der Waals surface area contributed by atoms with E-state index in [2.05, 4.69) is 10.5 Å². The molecule has 134 valence electrons. The molecule has 3 aromatic rings. The van der Waals surface area contributed by atoms with E-state index < -0.39 is 5.60 Å². The topological polar surface area (TPSA) is 75.4 Å². The summed E-state index contributed by atoms with van der Waals surface area (Å²) in [7, 11) is 1.74. The van der Waals surface area contributed by atoms with Crippen molar-refractivity contribution < 1.29 is 14.4 Å². The van der Waals surface area contributed by atoms with Crippen molar-refractivity contribution in [2.24, 2.45) is 0 Å². The molecule has 0 aliphatic rings. The quantitative estimate of drug-likeness (QED) is 0.661. The van der Waals surface area contributed by atoms with Crippen LogP contribution >= 0.6 is 11.6 Å². The van der Waals surface area contributed by atoms with Crippen LogP contribution in [0.15, 0.2) is 47.0 Å². The first-order valence-corrected chi connectivity index (χ1v) is 8.48. The largest absolute Gasteiger partial charge is 0.388 e. The smallest absolute Gasteiger partial charge is 0.172 e. The van der Waals surface area contributed by atoms with Crippen LogP contribution in [0.4, 0.5) is 5.69 Å². The highest BCUT2D eigenvalue weighted by molar-refractivity contribution is 6.30. The Kier molecular flexibility index (Phi) is 4.85. The molecule has 0 amide bonds. The van der Waals surface area contributed by atoms with E-state index in [4.69, 9.17) is 16.1 Å². The highest BCUT2D eigenvalue weighted by Gasteiger charge is 2.34. The van der Waals surface area contributed by atoms with Crippen LogP contribution in [0.5, 0.6) is 0 Å². The lowest BCUT2D eigenvalue weighted by atomic mass is 9.84. The zero-order valence-corrected chi connectivity index (χ0v) is 15.5. The highest BCUT2D eigenvalue weighted by Crippen LogP contribution is 2.37. The van der Waals surface area contributed by atoms with E-state index in [9.17, 15) is 9.90 Å². The van der Waals surface area contributed by atoms with Gasteiger partial charge in [-0.15, -0.1) is 0 Å². The standard InChI is InChI=1S/C20H19ClN2O3/c1-12-19(13(2)26-23-12)14-4-9-18(22-3)17(10-14)20(25,11-24)15-5-7-16(21)8-6-15/h4-11,22,25H,1-3H3. The minimum atomic E-state index is -1.82. The molecular weight excluding hydrogens is 352 g/mol. The number of aliphatic hydroxyl groups is 1. The molecule has 26 heavy (non-hydrogen) atoms. The third-order valence-corrected chi connectivity index (χ3v) is 4.73. The summed E-state index contributed by atoms with van der Waals surface area (Å²) in [4.78, 5) is 12.0. The summed E-state index contributed by atoms with van der Waals surface area (Å²) in [5, 5.41) is 18.8. The van der Waals surface area contributed by atoms with Crippen molar-refractivity contribution in [2.45, 2.75) is 19.4 Å². The van der Waals surface area contributed by atoms with Crippen molar-refractivity contribution in [3.05, 3.63) is 70.1 Å². The monoisotopic (exact) mass is 370 g/mol. The normalized spacial score (nSPS) is 13.3. The number of halogens is 1. The predicted octanol–water partition coefficient (Wildman–Crippen LogP) is 4.09. The van der Waals surface area contributed by atoms with Gasteiger partial charge >= 0.3 is 0 Å². The number of hydrogen-bond donors (Lipinski definition) is 2. The molecule has 1 atom stereocenters. The fourth-order valence-electron chi connectivity index (χ4n) is 3.12. The first kappa shape index (κ1) is 18.2. The summed E-state index contributed by atoms with van der Waals surface area (Å²) >= 11 is 5.94. The number of aryl methyl sites for hydroxylation is 2. The molecule has 0 aliphatic carbocycles. The number of nitrogens with zero attached hydrogens (tertiary/aromatic N) is 1. The lowest BCUT2D eigenvalue weighted by Crippen LogP contribution is -2.30. The van der Waals surface area contributed by atoms with E-state index in [-0.39, 0.29) is 0 Å². The van der Waals surface area contributed by atoms with Gasteiger partial charge in [-0.1, -0.05) is 35.0 Å². The Morgan fingerprint density at radius 2 is 1.88 bits per heavy atom. The van der Waals surface area contributed by atoms with E-state index in [1.807, 2.05) is 26.0 Å². The van der Waals surface area contributed by atoms with Crippen LogP contribution in [0.25, 0.3) is 11.1 Å². The van der Waals surface area contributed by atoms with Gasteiger partial charge in [0, 0.05) is 28.9 Å². The second-order valence-electron chi connectivity index (χ2n) is 6.10. The number of aldehydes is 1. The number of carbonyl (C=O) groups is 1. The number of nitrogens with one attached hydrogen (secondary N) is 1. The van der Waals surface area contributed by atoms with Gasteiger partial charge in [-0.05, 0) is 49.2 Å². The number of aromatic nitrogens is 1. The lowest BCUT2D eigenvalue weighted by Gasteiger charge is -2.26. The van der Waals surface area contributed by atoms with Crippen LogP contribution < -0.4 is 5.32 Å². The molecule has 0 saturated carbocycles. The second kappa shape index (κ2) is 6.94. The van der Waals surface area contributed by atoms with Crippen LogP contribution in [-0.2, 0) is 10.4 Å². The Morgan fingerprint density at radius 3 is 2.42 bits per heavy atom. The van der Waals surface area contributed by atoms with E-state index in [0.717, 1.165) is 16.8 Å². The first-order valence-electron chi connectivity index (χ1n) is 8.11. The lowest BCUT2D eigenvalue weighted by molar-refractivity contribution is -0.121. The van der Waals surface area contributed by atoms with Crippen LogP contribution in [0.2, 0.25) is 5.02 Å². The molecule has 1 unspecified atom stereocenters. The van der Waals surface area contributed by atoms with Gasteiger partial charge in [-0.2, -0.15) is 0 Å². The van der Waals surface area contributed by atoms with Crippen LogP contribution in [0.1, 0.15) is 22.6 Å². The van der Waals surface area contributed by atoms with Crippen molar-refractivity contribution >= 4 is 23.6 Å². The fourth-order valence-corrected chi connectivity index (χ4v) is 3.25. The summed E-state index contributed by atoms with van der Waals surface area (Å²) < 4.78 is 5.24. The third kappa shape index (κ3) is 3.00. The Balaban J connectivity index is 2.23. The Bertz CT molecular complexity index is 931. The van der Waals surface area contributed by atoms with E-state index in [0.29, 0.717) is 33.9 Å². The minimum Gasteiger partial charge on any atom is -0.388 e. The Hall–Kier alpha value is -2.63. The van der Waals surface area contributed by atoms with Gasteiger partial charge in [0.2, 0.25) is 0 Å². The first-order chi connectivity index (χ1) is 12.4. The molecule has 1 heterocycles. The molecular formula is C20H19ClN2O3. The van der Waals surface area contributed by atoms with Crippen LogP contribution in [0.3, 0.4) is 0 Å². The van der Waals surface area contributed by atoms with Gasteiger partial charge < -0.3 is 14.9 Å². The zero-order chi connectivity index (χ0) is 18.9. The highest BCUT2D eigenvalue weighted by atomic mass is 35.5. The summed E-state index contributed by atoms with van der Waals surface area (Å²) in [6.07, 6.45) is 0.531. The van der Waals surface area contributed by atoms with Crippen molar-refractivity contribution in [3.8, 4) is 11.1 Å². The van der Waals surface area contributed by atoms with Gasteiger partial charge in [0.25, 0.3) is 0 Å². The SMILES string of the molecule is CNc1ccc(-c2c(C)noc2C)cc1C(O)(C=O)c1ccc(Cl)cc1. The molecule has 5 nitrogen and oxygen atoms in total. The molecule has 2 N–H and O–H groups in total. The minimum absolute atomic E-state index is 0.435. The number of anilines is 1. The third-order valence-electron chi connectivity index (χ3n) is 4.48. The predicted molar refractivity (Wildman–Crippen MR) is 101 cm³/mol. The Morgan fingerprint density at radius 1 is 1.19 bits per heavy atom. The second-order valence-corrected chi connectivity index (χ2v) is 6.54. The van der Waals surface area contributed by atoms with Crippen molar-refractivity contribution in [2.75, 3.05) is 12.4 Å². The summed E-state index contributed by atoms with van der Waals surface area (Å²) in [5.41, 5.74) is 2.09. The van der Waals surface area contributed by atoms with Gasteiger partial charge in [-0.25, -0.2) is 0 Å². The summed E-state index contributed by atoms with van der Waals surface area (Å²) in [5.74, 6) is 0.673. The van der Waals surface area contributed by atoms with E-state index in [1.54, 1.807) is 37.4 Å². The molecule has 0 saturated heterocycles. The van der Waals surface area contributed by atoms with E-state index in [1.165, 1.54) is 0 Å². The Labute approximate surface area is 156 Å². The number of carbonyl (C=O) groups excluding carboxylic acids is 1. The maximum Gasteiger partial charge on any atom is 0.172 e. The zero-order valence-electron chi connectivity index (χ0n) is 14.7. The molecule has 0 radical (unpaired) electrons. The molecule has 3 rings (SSSR count).